The molecule has 0 radical (unpaired) electrons. The van der Waals surface area contributed by atoms with Crippen molar-refractivity contribution >= 4 is 16.7 Å². The molecule has 0 saturated carbocycles. The van der Waals surface area contributed by atoms with Gasteiger partial charge in [-0.2, -0.15) is 5.10 Å². The minimum absolute atomic E-state index is 0.446. The molecule has 1 atom stereocenters. The Bertz CT molecular complexity index is 699. The minimum atomic E-state index is -1.02. The maximum atomic E-state index is 6.40. The van der Waals surface area contributed by atoms with E-state index >= 15 is 0 Å². The Morgan fingerprint density at radius 3 is 3.00 bits per heavy atom. The Morgan fingerprint density at radius 2 is 2.20 bits per heavy atom. The summed E-state index contributed by atoms with van der Waals surface area (Å²) in [6.07, 6.45) is 5.51. The van der Waals surface area contributed by atoms with E-state index in [0.717, 1.165) is 35.0 Å². The molecule has 104 valence electrons. The van der Waals surface area contributed by atoms with E-state index in [-0.39, 0.29) is 0 Å². The zero-order chi connectivity index (χ0) is 14.2. The quantitative estimate of drug-likeness (QED) is 0.674. The third-order valence-corrected chi connectivity index (χ3v) is 3.38. The van der Waals surface area contributed by atoms with Gasteiger partial charge in [0.1, 0.15) is 5.84 Å². The number of allylic oxidation sites excluding steroid dienone is 1. The number of nitrogens with zero attached hydrogens (tertiary/aromatic N) is 2. The second kappa shape index (κ2) is 4.64. The van der Waals surface area contributed by atoms with Gasteiger partial charge in [-0.05, 0) is 24.6 Å². The van der Waals surface area contributed by atoms with Crippen molar-refractivity contribution in [1.29, 1.82) is 0 Å². The topological polar surface area (TPSA) is 105 Å². The first-order chi connectivity index (χ1) is 9.60. The molecule has 0 saturated heterocycles. The Morgan fingerprint density at radius 1 is 1.35 bits per heavy atom. The molecule has 2 heterocycles. The van der Waals surface area contributed by atoms with Crippen molar-refractivity contribution in [2.45, 2.75) is 25.6 Å². The van der Waals surface area contributed by atoms with Gasteiger partial charge in [0.05, 0.1) is 11.7 Å². The first kappa shape index (κ1) is 12.7. The van der Waals surface area contributed by atoms with Crippen LogP contribution in [0.25, 0.3) is 10.9 Å². The predicted molar refractivity (Wildman–Crippen MR) is 79.7 cm³/mol. The van der Waals surface area contributed by atoms with Crippen LogP contribution in [-0.4, -0.2) is 16.0 Å². The molecule has 0 bridgehead atoms. The molecule has 3 rings (SSSR count). The van der Waals surface area contributed by atoms with Crippen LogP contribution in [0.5, 0.6) is 0 Å². The SMILES string of the molecule is CCCC1=CC(N)=NC(N)(c2ccc3[nH]ncc3c2)N1. The van der Waals surface area contributed by atoms with Crippen molar-refractivity contribution in [3.05, 3.63) is 41.7 Å². The summed E-state index contributed by atoms with van der Waals surface area (Å²) in [5.74, 6) is -0.573. The standard InChI is InChI=1S/C14H18N6/c1-2-3-11-7-13(15)19-14(16,18-11)10-4-5-12-9(6-10)8-17-20-12/h4-8,18H,2-3,16H2,1H3,(H2,15,19)(H,17,20). The number of H-pyrrole nitrogens is 1. The van der Waals surface area contributed by atoms with E-state index in [1.807, 2.05) is 24.3 Å². The summed E-state index contributed by atoms with van der Waals surface area (Å²) in [7, 11) is 0. The molecule has 1 unspecified atom stereocenters. The Kier molecular flexibility index (Phi) is 2.94. The Hall–Kier alpha value is -2.34. The van der Waals surface area contributed by atoms with Gasteiger partial charge in [0, 0.05) is 16.6 Å². The van der Waals surface area contributed by atoms with Crippen molar-refractivity contribution in [2.75, 3.05) is 0 Å². The van der Waals surface area contributed by atoms with Crippen LogP contribution < -0.4 is 16.8 Å². The van der Waals surface area contributed by atoms with Gasteiger partial charge in [-0.1, -0.05) is 19.4 Å². The van der Waals surface area contributed by atoms with Crippen LogP contribution >= 0.6 is 0 Å². The Labute approximate surface area is 116 Å². The third-order valence-electron chi connectivity index (χ3n) is 3.38. The molecule has 1 aliphatic rings. The monoisotopic (exact) mass is 270 g/mol. The zero-order valence-electron chi connectivity index (χ0n) is 11.4. The highest BCUT2D eigenvalue weighted by Crippen LogP contribution is 2.25. The van der Waals surface area contributed by atoms with Crippen LogP contribution in [-0.2, 0) is 5.79 Å². The number of rotatable bonds is 3. The van der Waals surface area contributed by atoms with E-state index in [4.69, 9.17) is 11.5 Å². The smallest absolute Gasteiger partial charge is 0.211 e. The third kappa shape index (κ3) is 2.14. The fraction of sp³-hybridized carbons (Fsp3) is 0.286. The zero-order valence-corrected chi connectivity index (χ0v) is 11.4. The molecule has 6 nitrogen and oxygen atoms in total. The maximum Gasteiger partial charge on any atom is 0.211 e. The average molecular weight is 270 g/mol. The lowest BCUT2D eigenvalue weighted by molar-refractivity contribution is 0.387. The maximum absolute atomic E-state index is 6.40. The second-order valence-electron chi connectivity index (χ2n) is 5.02. The molecule has 1 aliphatic heterocycles. The van der Waals surface area contributed by atoms with E-state index in [0.29, 0.717) is 5.84 Å². The summed E-state index contributed by atoms with van der Waals surface area (Å²) in [6.45, 7) is 2.11. The number of fused-ring (bicyclic) bond motifs is 1. The summed E-state index contributed by atoms with van der Waals surface area (Å²) in [4.78, 5) is 4.36. The molecule has 2 aromatic rings. The number of hydrogen-bond donors (Lipinski definition) is 4. The number of aromatic nitrogens is 2. The molecular formula is C14H18N6. The number of aromatic amines is 1. The van der Waals surface area contributed by atoms with Gasteiger partial charge in [0.25, 0.3) is 0 Å². The second-order valence-corrected chi connectivity index (χ2v) is 5.02. The summed E-state index contributed by atoms with van der Waals surface area (Å²) in [6, 6.07) is 5.84. The summed E-state index contributed by atoms with van der Waals surface area (Å²) in [5, 5.41) is 11.2. The van der Waals surface area contributed by atoms with Gasteiger partial charge in [0.15, 0.2) is 0 Å². The van der Waals surface area contributed by atoms with Crippen molar-refractivity contribution in [1.82, 2.24) is 15.5 Å². The van der Waals surface area contributed by atoms with Crippen LogP contribution in [0.1, 0.15) is 25.3 Å². The van der Waals surface area contributed by atoms with Gasteiger partial charge in [-0.25, -0.2) is 4.99 Å². The normalized spacial score (nSPS) is 22.3. The van der Waals surface area contributed by atoms with E-state index < -0.39 is 5.79 Å². The Balaban J connectivity index is 2.01. The van der Waals surface area contributed by atoms with Crippen molar-refractivity contribution < 1.29 is 0 Å². The molecule has 6 N–H and O–H groups in total. The fourth-order valence-corrected chi connectivity index (χ4v) is 2.44. The van der Waals surface area contributed by atoms with Gasteiger partial charge >= 0.3 is 0 Å². The molecule has 6 heteroatoms. The molecule has 0 spiro atoms. The van der Waals surface area contributed by atoms with Crippen molar-refractivity contribution in [3.8, 4) is 0 Å². The largest absolute Gasteiger partial charge is 0.384 e. The fourth-order valence-electron chi connectivity index (χ4n) is 2.44. The van der Waals surface area contributed by atoms with Crippen LogP contribution in [0.3, 0.4) is 0 Å². The lowest BCUT2D eigenvalue weighted by atomic mass is 10.0. The van der Waals surface area contributed by atoms with Gasteiger partial charge in [-0.3, -0.25) is 10.8 Å². The predicted octanol–water partition coefficient (Wildman–Crippen LogP) is 1.28. The first-order valence-electron chi connectivity index (χ1n) is 6.67. The van der Waals surface area contributed by atoms with Crippen LogP contribution in [0.4, 0.5) is 0 Å². The number of hydrogen-bond acceptors (Lipinski definition) is 5. The number of aliphatic imine (C=N–C) groups is 1. The average Bonchev–Trinajstić information content (AvgIpc) is 2.85. The van der Waals surface area contributed by atoms with E-state index in [9.17, 15) is 0 Å². The van der Waals surface area contributed by atoms with Crippen LogP contribution in [0.2, 0.25) is 0 Å². The lowest BCUT2D eigenvalue weighted by Crippen LogP contribution is -2.51. The van der Waals surface area contributed by atoms with Gasteiger partial charge < -0.3 is 11.1 Å². The molecule has 0 aliphatic carbocycles. The van der Waals surface area contributed by atoms with Gasteiger partial charge in [-0.15, -0.1) is 0 Å². The molecule has 0 amide bonds. The first-order valence-corrected chi connectivity index (χ1v) is 6.67. The number of nitrogens with one attached hydrogen (secondary N) is 2. The van der Waals surface area contributed by atoms with E-state index in [2.05, 4.69) is 27.4 Å². The molecule has 1 aromatic heterocycles. The highest BCUT2D eigenvalue weighted by Gasteiger charge is 2.30. The molecule has 20 heavy (non-hydrogen) atoms. The highest BCUT2D eigenvalue weighted by atomic mass is 15.3. The minimum Gasteiger partial charge on any atom is -0.384 e. The van der Waals surface area contributed by atoms with Crippen LogP contribution in [0.15, 0.2) is 41.2 Å². The van der Waals surface area contributed by atoms with Crippen LogP contribution in [0, 0.1) is 0 Å². The van der Waals surface area contributed by atoms with Gasteiger partial charge in [0.2, 0.25) is 5.79 Å². The summed E-state index contributed by atoms with van der Waals surface area (Å²) >= 11 is 0. The number of benzene rings is 1. The van der Waals surface area contributed by atoms with E-state index in [1.165, 1.54) is 0 Å². The number of nitrogens with two attached hydrogens (primary N) is 2. The molecule has 0 fully saturated rings. The lowest BCUT2D eigenvalue weighted by Gasteiger charge is -2.32. The highest BCUT2D eigenvalue weighted by molar-refractivity contribution is 5.93. The molecule has 1 aromatic carbocycles. The van der Waals surface area contributed by atoms with Crippen molar-refractivity contribution in [3.63, 3.8) is 0 Å². The number of amidine groups is 1. The van der Waals surface area contributed by atoms with E-state index in [1.54, 1.807) is 6.20 Å². The summed E-state index contributed by atoms with van der Waals surface area (Å²) < 4.78 is 0. The molecular weight excluding hydrogens is 252 g/mol. The summed E-state index contributed by atoms with van der Waals surface area (Å²) in [5.41, 5.74) is 15.1. The van der Waals surface area contributed by atoms with Crippen molar-refractivity contribution in [2.24, 2.45) is 16.5 Å².